The largest absolute Gasteiger partial charge is 0.360 e. The van der Waals surface area contributed by atoms with Gasteiger partial charge in [0.05, 0.1) is 38.3 Å². The number of nitrogens with zero attached hydrogens (tertiary/aromatic N) is 2. The molecule has 2 amide bonds. The lowest BCUT2D eigenvalue weighted by Crippen LogP contribution is -3.19. The first-order chi connectivity index (χ1) is 13.4. The number of carbonyl (C=O) groups excluding carboxylic acids is 2. The summed E-state index contributed by atoms with van der Waals surface area (Å²) < 4.78 is 0. The van der Waals surface area contributed by atoms with Gasteiger partial charge in [0.15, 0.2) is 6.04 Å². The van der Waals surface area contributed by atoms with Crippen molar-refractivity contribution >= 4 is 34.8 Å². The number of aryl methyl sites for hydroxylation is 2. The smallest absolute Gasteiger partial charge is 0.292 e. The molecule has 28 heavy (non-hydrogen) atoms. The molecule has 4 rings (SSSR count). The molecule has 0 radical (unpaired) electrons. The highest BCUT2D eigenvalue weighted by Gasteiger charge is 2.46. The minimum Gasteiger partial charge on any atom is -0.360 e. The van der Waals surface area contributed by atoms with Gasteiger partial charge in [-0.05, 0) is 43.7 Å². The number of benzene rings is 2. The van der Waals surface area contributed by atoms with Crippen LogP contribution in [-0.4, -0.2) is 44.0 Å². The van der Waals surface area contributed by atoms with Gasteiger partial charge in [-0.15, -0.1) is 0 Å². The number of piperazine rings is 1. The molecule has 5 nitrogen and oxygen atoms in total. The van der Waals surface area contributed by atoms with E-state index in [1.165, 1.54) is 9.80 Å². The Hall–Kier alpha value is -2.37. The molecule has 2 aliphatic heterocycles. The van der Waals surface area contributed by atoms with Crippen molar-refractivity contribution in [2.24, 2.45) is 0 Å². The second-order valence-corrected chi connectivity index (χ2v) is 8.18. The number of hydrogen-bond acceptors (Lipinski definition) is 3. The number of carbonyl (C=O) groups is 2. The number of imide groups is 1. The van der Waals surface area contributed by atoms with Crippen molar-refractivity contribution < 1.29 is 14.5 Å². The first-order valence-electron chi connectivity index (χ1n) is 9.73. The van der Waals surface area contributed by atoms with E-state index in [-0.39, 0.29) is 17.9 Å². The van der Waals surface area contributed by atoms with E-state index in [9.17, 15) is 9.59 Å². The van der Waals surface area contributed by atoms with Gasteiger partial charge in [0, 0.05) is 10.7 Å². The minimum absolute atomic E-state index is 0.0665. The van der Waals surface area contributed by atoms with Crippen molar-refractivity contribution in [3.63, 3.8) is 0 Å². The van der Waals surface area contributed by atoms with Crippen molar-refractivity contribution in [2.45, 2.75) is 26.3 Å². The van der Waals surface area contributed by atoms with Gasteiger partial charge in [-0.25, -0.2) is 4.90 Å². The maximum atomic E-state index is 13.1. The Morgan fingerprint density at radius 3 is 2.46 bits per heavy atom. The summed E-state index contributed by atoms with van der Waals surface area (Å²) in [6.07, 6.45) is 0.290. The second-order valence-electron chi connectivity index (χ2n) is 7.74. The Bertz CT molecular complexity index is 922. The molecule has 0 unspecified atom stereocenters. The van der Waals surface area contributed by atoms with Crippen LogP contribution in [0, 0.1) is 13.8 Å². The van der Waals surface area contributed by atoms with Crippen LogP contribution < -0.4 is 14.7 Å². The van der Waals surface area contributed by atoms with Crippen molar-refractivity contribution in [3.05, 3.63) is 58.6 Å². The molecule has 1 atom stereocenters. The van der Waals surface area contributed by atoms with E-state index >= 15 is 0 Å². The molecule has 2 fully saturated rings. The highest BCUT2D eigenvalue weighted by Crippen LogP contribution is 2.26. The lowest BCUT2D eigenvalue weighted by molar-refractivity contribution is -0.915. The summed E-state index contributed by atoms with van der Waals surface area (Å²) in [6.45, 7) is 7.31. The van der Waals surface area contributed by atoms with Crippen LogP contribution in [-0.2, 0) is 9.59 Å². The molecule has 2 heterocycles. The number of quaternary nitrogens is 1. The van der Waals surface area contributed by atoms with Crippen LogP contribution in [0.5, 0.6) is 0 Å². The Labute approximate surface area is 170 Å². The number of rotatable bonds is 3. The zero-order valence-corrected chi connectivity index (χ0v) is 17.0. The summed E-state index contributed by atoms with van der Waals surface area (Å²) in [5.74, 6) is -0.158. The quantitative estimate of drug-likeness (QED) is 0.804. The van der Waals surface area contributed by atoms with Crippen LogP contribution in [0.3, 0.4) is 0 Å². The van der Waals surface area contributed by atoms with Crippen molar-refractivity contribution in [3.8, 4) is 0 Å². The molecule has 2 aromatic rings. The SMILES string of the molecule is Cc1ccc(N2C(=O)C[C@H]([NH+]3CCN(c4cccc(Cl)c4)CC3)C2=O)c(C)c1. The van der Waals surface area contributed by atoms with Gasteiger partial charge >= 0.3 is 0 Å². The second kappa shape index (κ2) is 7.57. The third kappa shape index (κ3) is 3.52. The first kappa shape index (κ1) is 19.0. The van der Waals surface area contributed by atoms with Crippen LogP contribution in [0.2, 0.25) is 5.02 Å². The van der Waals surface area contributed by atoms with Crippen LogP contribution in [0.1, 0.15) is 17.5 Å². The van der Waals surface area contributed by atoms with E-state index in [2.05, 4.69) is 11.0 Å². The lowest BCUT2D eigenvalue weighted by atomic mass is 10.1. The van der Waals surface area contributed by atoms with E-state index in [1.807, 2.05) is 50.2 Å². The third-order valence-electron chi connectivity index (χ3n) is 5.81. The first-order valence-corrected chi connectivity index (χ1v) is 10.1. The molecule has 146 valence electrons. The average Bonchev–Trinajstić information content (AvgIpc) is 2.96. The Kier molecular flexibility index (Phi) is 5.13. The molecule has 1 N–H and O–H groups in total. The molecule has 0 aliphatic carbocycles. The molecular weight excluding hydrogens is 374 g/mol. The normalized spacial score (nSPS) is 20.9. The number of nitrogens with one attached hydrogen (secondary N) is 1. The lowest BCUT2D eigenvalue weighted by Gasteiger charge is -2.35. The number of amides is 2. The number of hydrogen-bond donors (Lipinski definition) is 1. The van der Waals surface area contributed by atoms with Crippen LogP contribution in [0.15, 0.2) is 42.5 Å². The maximum absolute atomic E-state index is 13.1. The van der Waals surface area contributed by atoms with Crippen molar-refractivity contribution in [2.75, 3.05) is 36.0 Å². The van der Waals surface area contributed by atoms with E-state index in [4.69, 9.17) is 11.6 Å². The third-order valence-corrected chi connectivity index (χ3v) is 6.05. The highest BCUT2D eigenvalue weighted by molar-refractivity contribution is 6.30. The fourth-order valence-corrected chi connectivity index (χ4v) is 4.52. The van der Waals surface area contributed by atoms with Gasteiger partial charge in [-0.2, -0.15) is 0 Å². The highest BCUT2D eigenvalue weighted by atomic mass is 35.5. The van der Waals surface area contributed by atoms with Gasteiger partial charge < -0.3 is 9.80 Å². The summed E-state index contributed by atoms with van der Waals surface area (Å²) in [5.41, 5.74) is 3.92. The molecule has 2 aromatic carbocycles. The minimum atomic E-state index is -0.283. The Morgan fingerprint density at radius 2 is 1.79 bits per heavy atom. The van der Waals surface area contributed by atoms with Gasteiger partial charge in [0.25, 0.3) is 5.91 Å². The zero-order valence-electron chi connectivity index (χ0n) is 16.2. The standard InChI is InChI=1S/C22H24ClN3O2/c1-15-6-7-19(16(2)12-15)26-21(27)14-20(22(26)28)25-10-8-24(9-11-25)18-5-3-4-17(23)13-18/h3-7,12-13,20H,8-11,14H2,1-2H3/p+1/t20-/m0/s1. The summed E-state index contributed by atoms with van der Waals surface area (Å²) in [4.78, 5) is 30.7. The number of halogens is 1. The Balaban J connectivity index is 1.46. The molecular formula is C22H25ClN3O2+. The van der Waals surface area contributed by atoms with Gasteiger partial charge in [0.1, 0.15) is 0 Å². The molecule has 0 aromatic heterocycles. The van der Waals surface area contributed by atoms with Crippen LogP contribution >= 0.6 is 11.6 Å². The van der Waals surface area contributed by atoms with Gasteiger partial charge in [-0.3, -0.25) is 9.59 Å². The molecule has 2 saturated heterocycles. The zero-order chi connectivity index (χ0) is 19.8. The Morgan fingerprint density at radius 1 is 1.04 bits per heavy atom. The molecule has 0 bridgehead atoms. The predicted molar refractivity (Wildman–Crippen MR) is 111 cm³/mol. The van der Waals surface area contributed by atoms with Crippen molar-refractivity contribution in [1.82, 2.24) is 0 Å². The average molecular weight is 399 g/mol. The summed E-state index contributed by atoms with van der Waals surface area (Å²) >= 11 is 6.11. The van der Waals surface area contributed by atoms with Crippen LogP contribution in [0.25, 0.3) is 0 Å². The van der Waals surface area contributed by atoms with E-state index < -0.39 is 0 Å². The summed E-state index contributed by atoms with van der Waals surface area (Å²) in [6, 6.07) is 13.4. The molecule has 0 saturated carbocycles. The predicted octanol–water partition coefficient (Wildman–Crippen LogP) is 1.99. The maximum Gasteiger partial charge on any atom is 0.292 e. The topological polar surface area (TPSA) is 45.1 Å². The fraction of sp³-hybridized carbons (Fsp3) is 0.364. The fourth-order valence-electron chi connectivity index (χ4n) is 4.33. The molecule has 2 aliphatic rings. The van der Waals surface area contributed by atoms with Crippen molar-refractivity contribution in [1.29, 1.82) is 0 Å². The molecule has 0 spiro atoms. The number of anilines is 2. The van der Waals surface area contributed by atoms with Gasteiger partial charge in [-0.1, -0.05) is 35.4 Å². The monoisotopic (exact) mass is 398 g/mol. The summed E-state index contributed by atoms with van der Waals surface area (Å²) in [5, 5.41) is 0.730. The van der Waals surface area contributed by atoms with E-state index in [1.54, 1.807) is 0 Å². The van der Waals surface area contributed by atoms with Gasteiger partial charge in [0.2, 0.25) is 5.91 Å². The summed E-state index contributed by atoms with van der Waals surface area (Å²) in [7, 11) is 0. The van der Waals surface area contributed by atoms with E-state index in [0.29, 0.717) is 6.42 Å². The van der Waals surface area contributed by atoms with Crippen LogP contribution in [0.4, 0.5) is 11.4 Å². The molecule has 6 heteroatoms. The van der Waals surface area contributed by atoms with E-state index in [0.717, 1.165) is 53.7 Å².